The first kappa shape index (κ1) is 16.1. The minimum Gasteiger partial charge on any atom is -0.396 e. The normalized spacial score (nSPS) is 20.5. The summed E-state index contributed by atoms with van der Waals surface area (Å²) in [5.74, 6) is 0. The van der Waals surface area contributed by atoms with Crippen LogP contribution in [0.4, 0.5) is 18.9 Å². The van der Waals surface area contributed by atoms with Gasteiger partial charge in [0.15, 0.2) is 0 Å². The quantitative estimate of drug-likeness (QED) is 0.846. The van der Waals surface area contributed by atoms with E-state index in [1.165, 1.54) is 12.1 Å². The van der Waals surface area contributed by atoms with Gasteiger partial charge in [0, 0.05) is 18.9 Å². The lowest BCUT2D eigenvalue weighted by Gasteiger charge is -2.25. The van der Waals surface area contributed by atoms with E-state index in [9.17, 15) is 13.2 Å². The Kier molecular flexibility index (Phi) is 5.47. The van der Waals surface area contributed by atoms with Crippen molar-refractivity contribution >= 4 is 5.69 Å². The first-order valence-electron chi connectivity index (χ1n) is 7.17. The van der Waals surface area contributed by atoms with Gasteiger partial charge >= 0.3 is 6.18 Å². The van der Waals surface area contributed by atoms with Gasteiger partial charge in [0.1, 0.15) is 0 Å². The average molecular weight is 303 g/mol. The van der Waals surface area contributed by atoms with Crippen LogP contribution in [0.5, 0.6) is 0 Å². The third-order valence-corrected chi connectivity index (χ3v) is 3.65. The summed E-state index contributed by atoms with van der Waals surface area (Å²) in [7, 11) is 0. The topological polar surface area (TPSA) is 41.5 Å². The van der Waals surface area contributed by atoms with Gasteiger partial charge in [0.2, 0.25) is 0 Å². The van der Waals surface area contributed by atoms with E-state index in [1.807, 2.05) is 0 Å². The Hall–Kier alpha value is -1.27. The minimum absolute atomic E-state index is 0.0105. The monoisotopic (exact) mass is 303 g/mol. The van der Waals surface area contributed by atoms with Crippen molar-refractivity contribution in [2.75, 3.05) is 18.5 Å². The van der Waals surface area contributed by atoms with Crippen LogP contribution in [0.2, 0.25) is 0 Å². The Morgan fingerprint density at radius 1 is 1.29 bits per heavy atom. The number of benzene rings is 1. The summed E-state index contributed by atoms with van der Waals surface area (Å²) in [6.07, 6.45) is -0.971. The van der Waals surface area contributed by atoms with Gasteiger partial charge in [-0.25, -0.2) is 0 Å². The summed E-state index contributed by atoms with van der Waals surface area (Å²) in [6, 6.07) is 5.02. The van der Waals surface area contributed by atoms with E-state index in [0.29, 0.717) is 12.1 Å². The second kappa shape index (κ2) is 7.13. The molecule has 2 atom stereocenters. The predicted octanol–water partition coefficient (Wildman–Crippen LogP) is 3.44. The SMILES string of the molecule is OCCCC(Nc1ccc(C(F)(F)F)cc1)C1CCCO1. The van der Waals surface area contributed by atoms with E-state index in [-0.39, 0.29) is 18.8 Å². The van der Waals surface area contributed by atoms with Crippen molar-refractivity contribution < 1.29 is 23.0 Å². The van der Waals surface area contributed by atoms with Crippen LogP contribution in [0.25, 0.3) is 0 Å². The molecule has 1 aliphatic rings. The molecule has 0 saturated carbocycles. The molecule has 0 radical (unpaired) electrons. The summed E-state index contributed by atoms with van der Waals surface area (Å²) in [4.78, 5) is 0. The molecule has 2 unspecified atom stereocenters. The molecule has 118 valence electrons. The molecule has 1 aromatic carbocycles. The summed E-state index contributed by atoms with van der Waals surface area (Å²) in [6.45, 7) is 0.812. The zero-order chi connectivity index (χ0) is 15.3. The average Bonchev–Trinajstić information content (AvgIpc) is 2.97. The number of hydrogen-bond donors (Lipinski definition) is 2. The van der Waals surface area contributed by atoms with E-state index in [0.717, 1.165) is 38.0 Å². The zero-order valence-electron chi connectivity index (χ0n) is 11.7. The van der Waals surface area contributed by atoms with E-state index in [2.05, 4.69) is 5.32 Å². The Labute approximate surface area is 122 Å². The fourth-order valence-electron chi connectivity index (χ4n) is 2.55. The molecule has 1 fully saturated rings. The van der Waals surface area contributed by atoms with Crippen LogP contribution in [-0.2, 0) is 10.9 Å². The van der Waals surface area contributed by atoms with Gasteiger partial charge in [-0.1, -0.05) is 0 Å². The van der Waals surface area contributed by atoms with Crippen LogP contribution < -0.4 is 5.32 Å². The van der Waals surface area contributed by atoms with E-state index < -0.39 is 11.7 Å². The Morgan fingerprint density at radius 2 is 2.00 bits per heavy atom. The van der Waals surface area contributed by atoms with Gasteiger partial charge in [0.25, 0.3) is 0 Å². The molecule has 1 saturated heterocycles. The highest BCUT2D eigenvalue weighted by molar-refractivity contribution is 5.46. The number of hydrogen-bond acceptors (Lipinski definition) is 3. The third kappa shape index (κ3) is 4.61. The molecule has 21 heavy (non-hydrogen) atoms. The van der Waals surface area contributed by atoms with Crippen LogP contribution in [0, 0.1) is 0 Å². The zero-order valence-corrected chi connectivity index (χ0v) is 11.7. The molecule has 0 bridgehead atoms. The third-order valence-electron chi connectivity index (χ3n) is 3.65. The van der Waals surface area contributed by atoms with Gasteiger partial charge in [0.05, 0.1) is 17.7 Å². The maximum Gasteiger partial charge on any atom is 0.416 e. The lowest BCUT2D eigenvalue weighted by molar-refractivity contribution is -0.137. The van der Waals surface area contributed by atoms with Crippen molar-refractivity contribution in [3.8, 4) is 0 Å². The lowest BCUT2D eigenvalue weighted by Crippen LogP contribution is -2.33. The largest absolute Gasteiger partial charge is 0.416 e. The molecule has 1 aromatic rings. The summed E-state index contributed by atoms with van der Waals surface area (Å²) < 4.78 is 43.2. The number of rotatable bonds is 6. The molecular weight excluding hydrogens is 283 g/mol. The molecule has 1 aliphatic heterocycles. The van der Waals surface area contributed by atoms with E-state index >= 15 is 0 Å². The molecular formula is C15H20F3NO2. The molecule has 0 amide bonds. The van der Waals surface area contributed by atoms with Crippen molar-refractivity contribution in [1.29, 1.82) is 0 Å². The highest BCUT2D eigenvalue weighted by atomic mass is 19.4. The van der Waals surface area contributed by atoms with Gasteiger partial charge in [-0.2, -0.15) is 13.2 Å². The number of halogens is 3. The van der Waals surface area contributed by atoms with Crippen molar-refractivity contribution in [2.24, 2.45) is 0 Å². The molecule has 3 nitrogen and oxygen atoms in total. The summed E-state index contributed by atoms with van der Waals surface area (Å²) >= 11 is 0. The minimum atomic E-state index is -4.32. The van der Waals surface area contributed by atoms with Gasteiger partial charge in [-0.15, -0.1) is 0 Å². The first-order valence-corrected chi connectivity index (χ1v) is 7.17. The number of anilines is 1. The fourth-order valence-corrected chi connectivity index (χ4v) is 2.55. The summed E-state index contributed by atoms with van der Waals surface area (Å²) in [5.41, 5.74) is -0.0153. The molecule has 1 heterocycles. The molecule has 2 rings (SSSR count). The second-order valence-corrected chi connectivity index (χ2v) is 5.24. The van der Waals surface area contributed by atoms with Crippen LogP contribution in [-0.4, -0.2) is 30.5 Å². The van der Waals surface area contributed by atoms with Crippen molar-refractivity contribution in [1.82, 2.24) is 0 Å². The van der Waals surface area contributed by atoms with Gasteiger partial charge in [-0.3, -0.25) is 0 Å². The number of nitrogens with one attached hydrogen (secondary N) is 1. The number of alkyl halides is 3. The predicted molar refractivity (Wildman–Crippen MR) is 74.1 cm³/mol. The van der Waals surface area contributed by atoms with Gasteiger partial charge < -0.3 is 15.2 Å². The Bertz CT molecular complexity index is 428. The fraction of sp³-hybridized carbons (Fsp3) is 0.600. The van der Waals surface area contributed by atoms with Crippen molar-refractivity contribution in [2.45, 2.75) is 44.0 Å². The van der Waals surface area contributed by atoms with Crippen LogP contribution in [0.3, 0.4) is 0 Å². The number of aliphatic hydroxyl groups is 1. The standard InChI is InChI=1S/C15H20F3NO2/c16-15(17,18)11-5-7-12(8-6-11)19-13(3-1-9-20)14-4-2-10-21-14/h5-8,13-14,19-20H,1-4,9-10H2. The van der Waals surface area contributed by atoms with Crippen LogP contribution in [0.15, 0.2) is 24.3 Å². The molecule has 0 aromatic heterocycles. The Morgan fingerprint density at radius 3 is 2.52 bits per heavy atom. The van der Waals surface area contributed by atoms with Crippen molar-refractivity contribution in [3.63, 3.8) is 0 Å². The molecule has 2 N–H and O–H groups in total. The second-order valence-electron chi connectivity index (χ2n) is 5.24. The van der Waals surface area contributed by atoms with E-state index in [1.54, 1.807) is 0 Å². The smallest absolute Gasteiger partial charge is 0.396 e. The number of ether oxygens (including phenoxy) is 1. The van der Waals surface area contributed by atoms with Crippen LogP contribution in [0.1, 0.15) is 31.2 Å². The highest BCUT2D eigenvalue weighted by Gasteiger charge is 2.30. The van der Waals surface area contributed by atoms with E-state index in [4.69, 9.17) is 9.84 Å². The maximum absolute atomic E-state index is 12.5. The Balaban J connectivity index is 2.01. The van der Waals surface area contributed by atoms with Crippen LogP contribution >= 0.6 is 0 Å². The maximum atomic E-state index is 12.5. The van der Waals surface area contributed by atoms with Gasteiger partial charge in [-0.05, 0) is 49.9 Å². The van der Waals surface area contributed by atoms with Crippen molar-refractivity contribution in [3.05, 3.63) is 29.8 Å². The molecule has 6 heteroatoms. The summed E-state index contributed by atoms with van der Waals surface area (Å²) in [5, 5.41) is 12.2. The molecule has 0 aliphatic carbocycles. The number of aliphatic hydroxyl groups excluding tert-OH is 1. The molecule has 0 spiro atoms. The highest BCUT2D eigenvalue weighted by Crippen LogP contribution is 2.30. The first-order chi connectivity index (χ1) is 10.0. The lowest BCUT2D eigenvalue weighted by atomic mass is 10.0.